The van der Waals surface area contributed by atoms with Gasteiger partial charge in [-0.05, 0) is 30.0 Å². The highest BCUT2D eigenvalue weighted by molar-refractivity contribution is 7.80. The minimum Gasteiger partial charge on any atom is -0.356 e. The maximum atomic E-state index is 11.7. The molecule has 18 heavy (non-hydrogen) atoms. The van der Waals surface area contributed by atoms with Gasteiger partial charge in [0.15, 0.2) is 0 Å². The van der Waals surface area contributed by atoms with E-state index in [1.54, 1.807) is 0 Å². The normalized spacial score (nSPS) is 10.7. The number of amides is 1. The summed E-state index contributed by atoms with van der Waals surface area (Å²) in [5, 5.41) is 2.96. The molecule has 0 radical (unpaired) electrons. The molecule has 0 unspecified atom stereocenters. The summed E-state index contributed by atoms with van der Waals surface area (Å²) in [7, 11) is 0. The lowest BCUT2D eigenvalue weighted by molar-refractivity contribution is -0.120. The summed E-state index contributed by atoms with van der Waals surface area (Å²) < 4.78 is 0. The highest BCUT2D eigenvalue weighted by Gasteiger charge is 2.02. The van der Waals surface area contributed by atoms with Gasteiger partial charge in [-0.1, -0.05) is 38.8 Å². The number of nitrogens with one attached hydrogen (secondary N) is 1. The van der Waals surface area contributed by atoms with Gasteiger partial charge in [0.1, 0.15) is 0 Å². The van der Waals surface area contributed by atoms with Crippen molar-refractivity contribution in [3.63, 3.8) is 0 Å². The zero-order chi connectivity index (χ0) is 13.4. The van der Waals surface area contributed by atoms with Crippen molar-refractivity contribution in [2.24, 2.45) is 5.92 Å². The molecular weight excluding hydrogens is 242 g/mol. The van der Waals surface area contributed by atoms with E-state index in [1.807, 2.05) is 24.3 Å². The first-order valence-corrected chi connectivity index (χ1v) is 7.07. The van der Waals surface area contributed by atoms with Crippen molar-refractivity contribution in [3.05, 3.63) is 29.8 Å². The maximum absolute atomic E-state index is 11.7. The summed E-state index contributed by atoms with van der Waals surface area (Å²) in [4.78, 5) is 12.6. The molecule has 1 amide bonds. The molecule has 0 aliphatic rings. The monoisotopic (exact) mass is 265 g/mol. The van der Waals surface area contributed by atoms with Gasteiger partial charge >= 0.3 is 0 Å². The smallest absolute Gasteiger partial charge is 0.224 e. The quantitative estimate of drug-likeness (QED) is 0.574. The largest absolute Gasteiger partial charge is 0.356 e. The van der Waals surface area contributed by atoms with E-state index in [2.05, 4.69) is 31.8 Å². The number of rotatable bonds is 7. The Morgan fingerprint density at radius 1 is 1.22 bits per heavy atom. The van der Waals surface area contributed by atoms with Gasteiger partial charge in [0.2, 0.25) is 5.91 Å². The highest BCUT2D eigenvalue weighted by atomic mass is 32.1. The molecule has 0 saturated carbocycles. The molecule has 0 bridgehead atoms. The number of hydrogen-bond acceptors (Lipinski definition) is 2. The molecule has 0 aliphatic carbocycles. The molecule has 0 fully saturated rings. The fourth-order valence-electron chi connectivity index (χ4n) is 1.77. The average molecular weight is 265 g/mol. The molecule has 3 heteroatoms. The Kier molecular flexibility index (Phi) is 6.88. The van der Waals surface area contributed by atoms with Crippen LogP contribution in [0.4, 0.5) is 0 Å². The van der Waals surface area contributed by atoms with Crippen LogP contribution in [0.1, 0.15) is 38.7 Å². The minimum absolute atomic E-state index is 0.103. The van der Waals surface area contributed by atoms with Crippen LogP contribution in [0.25, 0.3) is 0 Å². The van der Waals surface area contributed by atoms with Crippen LogP contribution in [-0.2, 0) is 11.2 Å². The molecule has 100 valence electrons. The van der Waals surface area contributed by atoms with Crippen LogP contribution in [0.3, 0.4) is 0 Å². The van der Waals surface area contributed by atoms with E-state index < -0.39 is 0 Å². The minimum atomic E-state index is 0.103. The lowest BCUT2D eigenvalue weighted by Crippen LogP contribution is -2.26. The van der Waals surface area contributed by atoms with Crippen LogP contribution < -0.4 is 5.32 Å². The average Bonchev–Trinajstić information content (AvgIpc) is 2.31. The van der Waals surface area contributed by atoms with Crippen LogP contribution in [0, 0.1) is 5.92 Å². The van der Waals surface area contributed by atoms with Gasteiger partial charge in [0.25, 0.3) is 0 Å². The van der Waals surface area contributed by atoms with Crippen molar-refractivity contribution in [2.75, 3.05) is 6.54 Å². The molecule has 0 saturated heterocycles. The number of carbonyl (C=O) groups is 1. The summed E-state index contributed by atoms with van der Waals surface area (Å²) in [5.41, 5.74) is 1.03. The topological polar surface area (TPSA) is 29.1 Å². The second-order valence-corrected chi connectivity index (χ2v) is 5.60. The highest BCUT2D eigenvalue weighted by Crippen LogP contribution is 2.08. The predicted octanol–water partition coefficient (Wildman–Crippen LogP) is 3.46. The van der Waals surface area contributed by atoms with Crippen molar-refractivity contribution >= 4 is 18.5 Å². The summed E-state index contributed by atoms with van der Waals surface area (Å²) in [6.07, 6.45) is 3.95. The van der Waals surface area contributed by atoms with Crippen LogP contribution in [0.15, 0.2) is 29.2 Å². The Labute approximate surface area is 116 Å². The Morgan fingerprint density at radius 3 is 2.50 bits per heavy atom. The summed E-state index contributed by atoms with van der Waals surface area (Å²) in [6.45, 7) is 5.24. The third kappa shape index (κ3) is 6.70. The van der Waals surface area contributed by atoms with Gasteiger partial charge in [0.05, 0.1) is 6.42 Å². The van der Waals surface area contributed by atoms with E-state index in [0.717, 1.165) is 29.3 Å². The molecule has 0 atom stereocenters. The molecule has 1 aromatic rings. The van der Waals surface area contributed by atoms with E-state index in [1.165, 1.54) is 12.8 Å². The Bertz CT molecular complexity index is 359. The summed E-state index contributed by atoms with van der Waals surface area (Å²) >= 11 is 4.22. The molecule has 1 aromatic carbocycles. The summed E-state index contributed by atoms with van der Waals surface area (Å²) in [6, 6.07) is 7.71. The van der Waals surface area contributed by atoms with Gasteiger partial charge in [-0.2, -0.15) is 0 Å². The van der Waals surface area contributed by atoms with E-state index in [9.17, 15) is 4.79 Å². The van der Waals surface area contributed by atoms with Gasteiger partial charge in [-0.25, -0.2) is 0 Å². The molecule has 1 N–H and O–H groups in total. The summed E-state index contributed by atoms with van der Waals surface area (Å²) in [5.74, 6) is 0.854. The zero-order valence-electron chi connectivity index (χ0n) is 11.3. The molecule has 0 aromatic heterocycles. The third-order valence-corrected chi connectivity index (χ3v) is 3.13. The Morgan fingerprint density at radius 2 is 1.89 bits per heavy atom. The van der Waals surface area contributed by atoms with Crippen molar-refractivity contribution in [2.45, 2.75) is 44.4 Å². The molecule has 0 aliphatic heterocycles. The van der Waals surface area contributed by atoms with Crippen LogP contribution in [0.5, 0.6) is 0 Å². The molecular formula is C15H23NOS. The van der Waals surface area contributed by atoms with Crippen LogP contribution in [0.2, 0.25) is 0 Å². The number of carbonyl (C=O) groups excluding carboxylic acids is 1. The van der Waals surface area contributed by atoms with E-state index in [0.29, 0.717) is 6.42 Å². The SMILES string of the molecule is CC(C)CCCCNC(=O)Cc1ccc(S)cc1. The van der Waals surface area contributed by atoms with Crippen molar-refractivity contribution in [1.29, 1.82) is 0 Å². The van der Waals surface area contributed by atoms with E-state index in [-0.39, 0.29) is 5.91 Å². The first-order chi connectivity index (χ1) is 8.58. The lowest BCUT2D eigenvalue weighted by Gasteiger charge is -2.07. The standard InChI is InChI=1S/C15H23NOS/c1-12(2)5-3-4-10-16-15(17)11-13-6-8-14(18)9-7-13/h6-9,12,18H,3-5,10-11H2,1-2H3,(H,16,17). The van der Waals surface area contributed by atoms with Gasteiger partial charge in [-0.15, -0.1) is 12.6 Å². The van der Waals surface area contributed by atoms with E-state index in [4.69, 9.17) is 0 Å². The van der Waals surface area contributed by atoms with Gasteiger partial charge < -0.3 is 5.32 Å². The second kappa shape index (κ2) is 8.20. The molecule has 0 spiro atoms. The Hall–Kier alpha value is -0.960. The van der Waals surface area contributed by atoms with Crippen molar-refractivity contribution < 1.29 is 4.79 Å². The number of hydrogen-bond donors (Lipinski definition) is 2. The van der Waals surface area contributed by atoms with Crippen molar-refractivity contribution in [3.8, 4) is 0 Å². The predicted molar refractivity (Wildman–Crippen MR) is 79.1 cm³/mol. The Balaban J connectivity index is 2.16. The molecule has 2 nitrogen and oxygen atoms in total. The third-order valence-electron chi connectivity index (χ3n) is 2.83. The number of unbranched alkanes of at least 4 members (excludes halogenated alkanes) is 1. The first-order valence-electron chi connectivity index (χ1n) is 6.62. The fourth-order valence-corrected chi connectivity index (χ4v) is 1.92. The second-order valence-electron chi connectivity index (χ2n) is 5.08. The number of benzene rings is 1. The van der Waals surface area contributed by atoms with Crippen LogP contribution >= 0.6 is 12.6 Å². The van der Waals surface area contributed by atoms with Gasteiger partial charge in [-0.3, -0.25) is 4.79 Å². The van der Waals surface area contributed by atoms with Crippen LogP contribution in [-0.4, -0.2) is 12.5 Å². The van der Waals surface area contributed by atoms with E-state index >= 15 is 0 Å². The molecule has 1 rings (SSSR count). The fraction of sp³-hybridized carbons (Fsp3) is 0.533. The maximum Gasteiger partial charge on any atom is 0.224 e. The van der Waals surface area contributed by atoms with Gasteiger partial charge in [0, 0.05) is 11.4 Å². The first kappa shape index (κ1) is 15.1. The lowest BCUT2D eigenvalue weighted by atomic mass is 10.1. The molecule has 0 heterocycles. The number of thiol groups is 1. The van der Waals surface area contributed by atoms with Crippen molar-refractivity contribution in [1.82, 2.24) is 5.32 Å². The zero-order valence-corrected chi connectivity index (χ0v) is 12.2.